The van der Waals surface area contributed by atoms with E-state index >= 15 is 0 Å². The Labute approximate surface area is 85.6 Å². The standard InChI is InChI=1S/C12H18O2/c1-4-10-7-5-6-8-12(10)9-13-11(2,3)14-12/h4,7H,1,5-6,8-9H2,2-3H3/t12-/m0/s1. The number of allylic oxidation sites excluding steroid dienone is 1. The van der Waals surface area contributed by atoms with Crippen LogP contribution in [0.2, 0.25) is 0 Å². The van der Waals surface area contributed by atoms with E-state index in [-0.39, 0.29) is 5.60 Å². The van der Waals surface area contributed by atoms with E-state index in [1.807, 2.05) is 19.9 Å². The van der Waals surface area contributed by atoms with E-state index in [9.17, 15) is 0 Å². The minimum absolute atomic E-state index is 0.205. The Balaban J connectivity index is 2.27. The maximum Gasteiger partial charge on any atom is 0.164 e. The van der Waals surface area contributed by atoms with Gasteiger partial charge >= 0.3 is 0 Å². The van der Waals surface area contributed by atoms with Crippen molar-refractivity contribution in [3.05, 3.63) is 24.3 Å². The maximum absolute atomic E-state index is 6.02. The van der Waals surface area contributed by atoms with Crippen LogP contribution in [0.5, 0.6) is 0 Å². The van der Waals surface area contributed by atoms with Gasteiger partial charge in [0, 0.05) is 0 Å². The predicted molar refractivity (Wildman–Crippen MR) is 56.0 cm³/mol. The molecule has 0 aromatic rings. The first-order valence-corrected chi connectivity index (χ1v) is 5.25. The summed E-state index contributed by atoms with van der Waals surface area (Å²) in [6.07, 6.45) is 7.49. The fourth-order valence-electron chi connectivity index (χ4n) is 2.33. The number of hydrogen-bond acceptors (Lipinski definition) is 2. The van der Waals surface area contributed by atoms with Gasteiger partial charge in [0.25, 0.3) is 0 Å². The molecule has 0 bridgehead atoms. The molecule has 2 rings (SSSR count). The topological polar surface area (TPSA) is 18.5 Å². The van der Waals surface area contributed by atoms with Crippen molar-refractivity contribution in [2.45, 2.75) is 44.5 Å². The molecule has 1 aliphatic carbocycles. The molecule has 1 heterocycles. The molecule has 14 heavy (non-hydrogen) atoms. The zero-order valence-corrected chi connectivity index (χ0v) is 9.01. The fraction of sp³-hybridized carbons (Fsp3) is 0.667. The summed E-state index contributed by atoms with van der Waals surface area (Å²) in [7, 11) is 0. The second kappa shape index (κ2) is 3.21. The lowest BCUT2D eigenvalue weighted by Gasteiger charge is -2.33. The second-order valence-electron chi connectivity index (χ2n) is 4.54. The lowest BCUT2D eigenvalue weighted by molar-refractivity contribution is -0.154. The third kappa shape index (κ3) is 1.53. The normalized spacial score (nSPS) is 35.7. The highest BCUT2D eigenvalue weighted by atomic mass is 16.8. The largest absolute Gasteiger partial charge is 0.347 e. The molecule has 2 nitrogen and oxygen atoms in total. The van der Waals surface area contributed by atoms with Crippen molar-refractivity contribution >= 4 is 0 Å². The summed E-state index contributed by atoms with van der Waals surface area (Å²) < 4.78 is 11.7. The van der Waals surface area contributed by atoms with Gasteiger partial charge in [-0.25, -0.2) is 0 Å². The van der Waals surface area contributed by atoms with E-state index in [2.05, 4.69) is 12.7 Å². The molecule has 0 N–H and O–H groups in total. The Hall–Kier alpha value is -0.600. The first kappa shape index (κ1) is 9.94. The van der Waals surface area contributed by atoms with Gasteiger partial charge in [0.05, 0.1) is 6.61 Å². The number of ether oxygens (including phenoxy) is 2. The summed E-state index contributed by atoms with van der Waals surface area (Å²) in [5.41, 5.74) is 0.998. The number of hydrogen-bond donors (Lipinski definition) is 0. The zero-order chi connectivity index (χ0) is 10.2. The summed E-state index contributed by atoms with van der Waals surface area (Å²) in [4.78, 5) is 0. The smallest absolute Gasteiger partial charge is 0.164 e. The molecule has 1 saturated heterocycles. The zero-order valence-electron chi connectivity index (χ0n) is 9.01. The minimum Gasteiger partial charge on any atom is -0.347 e. The van der Waals surface area contributed by atoms with Crippen LogP contribution in [-0.4, -0.2) is 18.0 Å². The van der Waals surface area contributed by atoms with Crippen molar-refractivity contribution in [1.82, 2.24) is 0 Å². The molecule has 1 spiro atoms. The van der Waals surface area contributed by atoms with Crippen LogP contribution < -0.4 is 0 Å². The van der Waals surface area contributed by atoms with Crippen molar-refractivity contribution in [2.75, 3.05) is 6.61 Å². The van der Waals surface area contributed by atoms with Gasteiger partial charge in [-0.05, 0) is 38.7 Å². The Bertz CT molecular complexity index is 278. The molecule has 0 aromatic carbocycles. The molecule has 1 atom stereocenters. The first-order chi connectivity index (χ1) is 6.58. The van der Waals surface area contributed by atoms with Crippen LogP contribution >= 0.6 is 0 Å². The van der Waals surface area contributed by atoms with Gasteiger partial charge < -0.3 is 9.47 Å². The van der Waals surface area contributed by atoms with Crippen molar-refractivity contribution < 1.29 is 9.47 Å². The Morgan fingerprint density at radius 1 is 1.50 bits per heavy atom. The fourth-order valence-corrected chi connectivity index (χ4v) is 2.33. The highest BCUT2D eigenvalue weighted by Crippen LogP contribution is 2.42. The monoisotopic (exact) mass is 194 g/mol. The number of rotatable bonds is 1. The molecule has 2 aliphatic rings. The third-order valence-corrected chi connectivity index (χ3v) is 2.99. The van der Waals surface area contributed by atoms with Gasteiger partial charge in [0.1, 0.15) is 5.60 Å². The van der Waals surface area contributed by atoms with Crippen LogP contribution in [0.25, 0.3) is 0 Å². The highest BCUT2D eigenvalue weighted by molar-refractivity contribution is 5.31. The lowest BCUT2D eigenvalue weighted by atomic mass is 9.84. The summed E-state index contributed by atoms with van der Waals surface area (Å²) in [6.45, 7) is 8.45. The molecule has 0 aromatic heterocycles. The molecule has 0 radical (unpaired) electrons. The van der Waals surface area contributed by atoms with Crippen molar-refractivity contribution in [3.8, 4) is 0 Å². The van der Waals surface area contributed by atoms with Crippen LogP contribution in [0.1, 0.15) is 33.1 Å². The summed E-state index contributed by atoms with van der Waals surface area (Å²) in [6, 6.07) is 0. The predicted octanol–water partition coefficient (Wildman–Crippen LogP) is 2.80. The van der Waals surface area contributed by atoms with Crippen LogP contribution in [0.15, 0.2) is 24.3 Å². The molecular weight excluding hydrogens is 176 g/mol. The van der Waals surface area contributed by atoms with Crippen LogP contribution in [0, 0.1) is 0 Å². The van der Waals surface area contributed by atoms with E-state index in [0.29, 0.717) is 6.61 Å². The average Bonchev–Trinajstić information content (AvgIpc) is 2.44. The van der Waals surface area contributed by atoms with Crippen LogP contribution in [0.4, 0.5) is 0 Å². The van der Waals surface area contributed by atoms with Gasteiger partial charge in [0.15, 0.2) is 5.79 Å². The lowest BCUT2D eigenvalue weighted by Crippen LogP contribution is -2.37. The van der Waals surface area contributed by atoms with Crippen LogP contribution in [-0.2, 0) is 9.47 Å². The van der Waals surface area contributed by atoms with Crippen LogP contribution in [0.3, 0.4) is 0 Å². The maximum atomic E-state index is 6.02. The molecule has 0 unspecified atom stereocenters. The molecular formula is C12H18O2. The SMILES string of the molecule is C=CC1=CCCC[C@]12COC(C)(C)O2. The van der Waals surface area contributed by atoms with E-state index in [1.54, 1.807) is 0 Å². The van der Waals surface area contributed by atoms with E-state index in [1.165, 1.54) is 12.0 Å². The van der Waals surface area contributed by atoms with E-state index in [4.69, 9.17) is 9.47 Å². The van der Waals surface area contributed by atoms with Gasteiger partial charge in [-0.2, -0.15) is 0 Å². The third-order valence-electron chi connectivity index (χ3n) is 2.99. The quantitative estimate of drug-likeness (QED) is 0.639. The van der Waals surface area contributed by atoms with Gasteiger partial charge in [-0.1, -0.05) is 18.7 Å². The Kier molecular flexibility index (Phi) is 2.28. The first-order valence-electron chi connectivity index (χ1n) is 5.25. The molecule has 1 fully saturated rings. The van der Waals surface area contributed by atoms with Gasteiger partial charge in [-0.3, -0.25) is 0 Å². The highest BCUT2D eigenvalue weighted by Gasteiger charge is 2.47. The van der Waals surface area contributed by atoms with E-state index < -0.39 is 5.79 Å². The molecule has 0 saturated carbocycles. The van der Waals surface area contributed by atoms with Gasteiger partial charge in [0.2, 0.25) is 0 Å². The molecule has 1 aliphatic heterocycles. The van der Waals surface area contributed by atoms with Crippen molar-refractivity contribution in [2.24, 2.45) is 0 Å². The Morgan fingerprint density at radius 3 is 2.86 bits per heavy atom. The summed E-state index contributed by atoms with van der Waals surface area (Å²) in [5.74, 6) is -0.445. The second-order valence-corrected chi connectivity index (χ2v) is 4.54. The van der Waals surface area contributed by atoms with Gasteiger partial charge in [-0.15, -0.1) is 0 Å². The Morgan fingerprint density at radius 2 is 2.29 bits per heavy atom. The molecule has 78 valence electrons. The summed E-state index contributed by atoms with van der Waals surface area (Å²) in [5, 5.41) is 0. The molecule has 0 amide bonds. The molecule has 2 heteroatoms. The van der Waals surface area contributed by atoms with Crippen molar-refractivity contribution in [3.63, 3.8) is 0 Å². The van der Waals surface area contributed by atoms with Crippen molar-refractivity contribution in [1.29, 1.82) is 0 Å². The summed E-state index contributed by atoms with van der Waals surface area (Å²) >= 11 is 0. The van der Waals surface area contributed by atoms with E-state index in [0.717, 1.165) is 12.8 Å². The minimum atomic E-state index is -0.445. The average molecular weight is 194 g/mol.